The van der Waals surface area contributed by atoms with Gasteiger partial charge < -0.3 is 5.11 Å². The van der Waals surface area contributed by atoms with Crippen molar-refractivity contribution in [3.63, 3.8) is 0 Å². The summed E-state index contributed by atoms with van der Waals surface area (Å²) in [5, 5.41) is 10.3. The molecule has 0 aliphatic rings. The lowest BCUT2D eigenvalue weighted by molar-refractivity contribution is 0.172. The molecule has 0 saturated heterocycles. The third kappa shape index (κ3) is 2.99. The van der Waals surface area contributed by atoms with E-state index in [1.807, 2.05) is 0 Å². The summed E-state index contributed by atoms with van der Waals surface area (Å²) in [6, 6.07) is 5.84. The molecule has 1 aromatic carbocycles. The van der Waals surface area contributed by atoms with Crippen LogP contribution in [0.25, 0.3) is 0 Å². The molecule has 1 N–H and O–H groups in total. The molecule has 1 aromatic heterocycles. The van der Waals surface area contributed by atoms with E-state index in [0.717, 1.165) is 0 Å². The summed E-state index contributed by atoms with van der Waals surface area (Å²) < 4.78 is 13.4. The van der Waals surface area contributed by atoms with Gasteiger partial charge in [0.15, 0.2) is 0 Å². The lowest BCUT2D eigenvalue weighted by atomic mass is 10.1. The van der Waals surface area contributed by atoms with E-state index >= 15 is 0 Å². The van der Waals surface area contributed by atoms with Crippen molar-refractivity contribution in [1.29, 1.82) is 0 Å². The molecule has 88 valence electrons. The molecule has 0 fully saturated rings. The van der Waals surface area contributed by atoms with E-state index in [4.69, 9.17) is 11.6 Å². The fourth-order valence-corrected chi connectivity index (χ4v) is 1.71. The molecule has 0 amide bonds. The van der Waals surface area contributed by atoms with Gasteiger partial charge in [-0.05, 0) is 29.8 Å². The number of hydrogen-bond donors (Lipinski definition) is 1. The fraction of sp³-hybridized carbons (Fsp3) is 0.167. The van der Waals surface area contributed by atoms with Crippen molar-refractivity contribution >= 4 is 11.6 Å². The van der Waals surface area contributed by atoms with Gasteiger partial charge in [0.05, 0.1) is 5.69 Å². The van der Waals surface area contributed by atoms with Gasteiger partial charge in [-0.2, -0.15) is 0 Å². The van der Waals surface area contributed by atoms with Crippen molar-refractivity contribution in [3.05, 3.63) is 58.9 Å². The molecule has 0 aliphatic heterocycles. The first-order chi connectivity index (χ1) is 8.16. The Bertz CT molecular complexity index is 507. The maximum absolute atomic E-state index is 13.4. The second-order valence-corrected chi connectivity index (χ2v) is 4.03. The standard InChI is InChI=1S/C12H10ClFN2O/c13-9-1-2-10(14)8(5-9)6-12(17)11-3-4-15-7-16-11/h1-5,7,12,17H,6H2. The van der Waals surface area contributed by atoms with E-state index in [-0.39, 0.29) is 12.2 Å². The van der Waals surface area contributed by atoms with Gasteiger partial charge in [-0.25, -0.2) is 14.4 Å². The van der Waals surface area contributed by atoms with Gasteiger partial charge in [0.2, 0.25) is 0 Å². The van der Waals surface area contributed by atoms with E-state index in [0.29, 0.717) is 16.3 Å². The maximum atomic E-state index is 13.4. The number of hydrogen-bond acceptors (Lipinski definition) is 3. The molecule has 0 aliphatic carbocycles. The minimum atomic E-state index is -0.869. The Morgan fingerprint density at radius 1 is 1.35 bits per heavy atom. The molecule has 1 atom stereocenters. The van der Waals surface area contributed by atoms with Gasteiger partial charge in [-0.15, -0.1) is 0 Å². The minimum absolute atomic E-state index is 0.128. The number of benzene rings is 1. The van der Waals surface area contributed by atoms with E-state index < -0.39 is 6.10 Å². The molecule has 0 radical (unpaired) electrons. The van der Waals surface area contributed by atoms with Crippen LogP contribution in [-0.2, 0) is 6.42 Å². The number of halogens is 2. The van der Waals surface area contributed by atoms with Crippen molar-refractivity contribution in [2.75, 3.05) is 0 Å². The summed E-state index contributed by atoms with van der Waals surface area (Å²) in [7, 11) is 0. The van der Waals surface area contributed by atoms with Gasteiger partial charge in [-0.3, -0.25) is 0 Å². The second kappa shape index (κ2) is 5.21. The van der Waals surface area contributed by atoms with Crippen molar-refractivity contribution < 1.29 is 9.50 Å². The van der Waals surface area contributed by atoms with Crippen LogP contribution in [0.1, 0.15) is 17.4 Å². The smallest absolute Gasteiger partial charge is 0.126 e. The number of nitrogens with zero attached hydrogens (tertiary/aromatic N) is 2. The SMILES string of the molecule is OC(Cc1cc(Cl)ccc1F)c1ccncn1. The van der Waals surface area contributed by atoms with Crippen LogP contribution >= 0.6 is 11.6 Å². The van der Waals surface area contributed by atoms with E-state index in [1.165, 1.54) is 30.7 Å². The number of aliphatic hydroxyl groups excluding tert-OH is 1. The Hall–Kier alpha value is -1.52. The number of aromatic nitrogens is 2. The van der Waals surface area contributed by atoms with Crippen LogP contribution in [0.3, 0.4) is 0 Å². The fourth-order valence-electron chi connectivity index (χ4n) is 1.51. The average Bonchev–Trinajstić information content (AvgIpc) is 2.35. The molecule has 2 aromatic rings. The van der Waals surface area contributed by atoms with Crippen LogP contribution in [0.15, 0.2) is 36.8 Å². The summed E-state index contributed by atoms with van der Waals surface area (Å²) >= 11 is 5.77. The summed E-state index contributed by atoms with van der Waals surface area (Å²) in [4.78, 5) is 7.66. The Kier molecular flexibility index (Phi) is 3.66. The zero-order valence-electron chi connectivity index (χ0n) is 8.85. The lowest BCUT2D eigenvalue weighted by Gasteiger charge is -2.10. The lowest BCUT2D eigenvalue weighted by Crippen LogP contribution is -2.05. The van der Waals surface area contributed by atoms with Crippen molar-refractivity contribution in [1.82, 2.24) is 9.97 Å². The second-order valence-electron chi connectivity index (χ2n) is 3.59. The molecule has 5 heteroatoms. The topological polar surface area (TPSA) is 46.0 Å². The minimum Gasteiger partial charge on any atom is -0.386 e. The van der Waals surface area contributed by atoms with Crippen molar-refractivity contribution in [2.45, 2.75) is 12.5 Å². The summed E-state index contributed by atoms with van der Waals surface area (Å²) in [6.07, 6.45) is 2.13. The Balaban J connectivity index is 2.18. The van der Waals surface area contributed by atoms with Crippen molar-refractivity contribution in [2.24, 2.45) is 0 Å². The number of aliphatic hydroxyl groups is 1. The normalized spacial score (nSPS) is 12.4. The average molecular weight is 253 g/mol. The van der Waals surface area contributed by atoms with Gasteiger partial charge in [0.25, 0.3) is 0 Å². The Labute approximate surface area is 103 Å². The Morgan fingerprint density at radius 2 is 2.18 bits per heavy atom. The largest absolute Gasteiger partial charge is 0.386 e. The summed E-state index contributed by atoms with van der Waals surface area (Å²) in [5.41, 5.74) is 0.822. The van der Waals surface area contributed by atoms with Gasteiger partial charge >= 0.3 is 0 Å². The third-order valence-corrected chi connectivity index (χ3v) is 2.60. The third-order valence-electron chi connectivity index (χ3n) is 2.37. The van der Waals surface area contributed by atoms with Crippen LogP contribution in [0.2, 0.25) is 5.02 Å². The molecule has 2 rings (SSSR count). The zero-order valence-corrected chi connectivity index (χ0v) is 9.60. The molecule has 1 heterocycles. The Morgan fingerprint density at radius 3 is 2.88 bits per heavy atom. The molecule has 1 unspecified atom stereocenters. The van der Waals surface area contributed by atoms with Crippen LogP contribution in [0.4, 0.5) is 4.39 Å². The predicted octanol–water partition coefficient (Wildman–Crippen LogP) is 2.55. The van der Waals surface area contributed by atoms with Crippen LogP contribution in [0, 0.1) is 5.82 Å². The maximum Gasteiger partial charge on any atom is 0.126 e. The summed E-state index contributed by atoms with van der Waals surface area (Å²) in [6.45, 7) is 0. The van der Waals surface area contributed by atoms with Gasteiger partial charge in [0, 0.05) is 17.6 Å². The van der Waals surface area contributed by atoms with E-state index in [9.17, 15) is 9.50 Å². The molecule has 3 nitrogen and oxygen atoms in total. The molecule has 17 heavy (non-hydrogen) atoms. The number of rotatable bonds is 3. The van der Waals surface area contributed by atoms with Crippen LogP contribution in [-0.4, -0.2) is 15.1 Å². The van der Waals surface area contributed by atoms with Crippen LogP contribution < -0.4 is 0 Å². The highest BCUT2D eigenvalue weighted by Gasteiger charge is 2.12. The quantitative estimate of drug-likeness (QED) is 0.913. The highest BCUT2D eigenvalue weighted by atomic mass is 35.5. The predicted molar refractivity (Wildman–Crippen MR) is 62.1 cm³/mol. The van der Waals surface area contributed by atoms with Gasteiger partial charge in [-0.1, -0.05) is 11.6 Å². The first kappa shape index (κ1) is 12.0. The van der Waals surface area contributed by atoms with E-state index in [1.54, 1.807) is 6.07 Å². The monoisotopic (exact) mass is 252 g/mol. The first-order valence-electron chi connectivity index (χ1n) is 5.04. The highest BCUT2D eigenvalue weighted by Crippen LogP contribution is 2.21. The molecular formula is C12H10ClFN2O. The van der Waals surface area contributed by atoms with Gasteiger partial charge in [0.1, 0.15) is 18.2 Å². The summed E-state index contributed by atoms with van der Waals surface area (Å²) in [5.74, 6) is -0.387. The first-order valence-corrected chi connectivity index (χ1v) is 5.42. The zero-order chi connectivity index (χ0) is 12.3. The molecule has 0 bridgehead atoms. The molecule has 0 spiro atoms. The van der Waals surface area contributed by atoms with E-state index in [2.05, 4.69) is 9.97 Å². The molecular weight excluding hydrogens is 243 g/mol. The molecule has 0 saturated carbocycles. The van der Waals surface area contributed by atoms with Crippen LogP contribution in [0.5, 0.6) is 0 Å². The highest BCUT2D eigenvalue weighted by molar-refractivity contribution is 6.30. The van der Waals surface area contributed by atoms with Crippen molar-refractivity contribution in [3.8, 4) is 0 Å².